The maximum atomic E-state index is 12.8. The first-order valence-corrected chi connectivity index (χ1v) is 7.80. The van der Waals surface area contributed by atoms with Crippen LogP contribution < -0.4 is 5.32 Å². The molecule has 1 aliphatic heterocycles. The third-order valence-electron chi connectivity index (χ3n) is 3.76. The first kappa shape index (κ1) is 19.3. The smallest absolute Gasteiger partial charge is 0.417 e. The number of anilines is 1. The standard InChI is InChI=1S/C15H17ClF3N3O3/c1-25-13(23)9-21-4-6-22(7-5-21)14(24)20-10-2-3-12(16)11(8-10)15(17,18)19/h2-3,8H,4-7,9H2,1H3,(H,20,24). The summed E-state index contributed by atoms with van der Waals surface area (Å²) >= 11 is 5.55. The Labute approximate surface area is 147 Å². The van der Waals surface area contributed by atoms with Crippen LogP contribution in [0, 0.1) is 0 Å². The molecule has 0 aliphatic carbocycles. The van der Waals surface area contributed by atoms with Crippen molar-refractivity contribution in [3.8, 4) is 0 Å². The summed E-state index contributed by atoms with van der Waals surface area (Å²) in [5.41, 5.74) is -0.992. The van der Waals surface area contributed by atoms with E-state index < -0.39 is 22.8 Å². The molecule has 25 heavy (non-hydrogen) atoms. The van der Waals surface area contributed by atoms with Gasteiger partial charge in [-0.2, -0.15) is 13.2 Å². The molecule has 10 heteroatoms. The molecule has 0 atom stereocenters. The predicted molar refractivity (Wildman–Crippen MR) is 85.5 cm³/mol. The van der Waals surface area contributed by atoms with E-state index >= 15 is 0 Å². The van der Waals surface area contributed by atoms with Gasteiger partial charge in [-0.05, 0) is 18.2 Å². The number of esters is 1. The number of methoxy groups -OCH3 is 1. The van der Waals surface area contributed by atoms with E-state index in [9.17, 15) is 22.8 Å². The van der Waals surface area contributed by atoms with Gasteiger partial charge in [0.25, 0.3) is 0 Å². The van der Waals surface area contributed by atoms with E-state index in [0.29, 0.717) is 26.2 Å². The van der Waals surface area contributed by atoms with Crippen LogP contribution in [0.2, 0.25) is 5.02 Å². The molecule has 1 saturated heterocycles. The number of nitrogens with one attached hydrogen (secondary N) is 1. The van der Waals surface area contributed by atoms with Crippen LogP contribution in [0.4, 0.5) is 23.7 Å². The number of carbonyl (C=O) groups is 2. The minimum atomic E-state index is -4.60. The van der Waals surface area contributed by atoms with Crippen molar-refractivity contribution in [3.63, 3.8) is 0 Å². The molecule has 0 spiro atoms. The van der Waals surface area contributed by atoms with Crippen molar-refractivity contribution in [3.05, 3.63) is 28.8 Å². The maximum absolute atomic E-state index is 12.8. The van der Waals surface area contributed by atoms with E-state index in [1.807, 2.05) is 4.90 Å². The van der Waals surface area contributed by atoms with E-state index in [1.165, 1.54) is 18.1 Å². The zero-order chi connectivity index (χ0) is 18.6. The van der Waals surface area contributed by atoms with E-state index in [0.717, 1.165) is 12.1 Å². The SMILES string of the molecule is COC(=O)CN1CCN(C(=O)Nc2ccc(Cl)c(C(F)(F)F)c2)CC1. The summed E-state index contributed by atoms with van der Waals surface area (Å²) in [6, 6.07) is 2.69. The van der Waals surface area contributed by atoms with Crippen molar-refractivity contribution in [1.82, 2.24) is 9.80 Å². The van der Waals surface area contributed by atoms with Crippen molar-refractivity contribution in [2.75, 3.05) is 45.2 Å². The van der Waals surface area contributed by atoms with Crippen LogP contribution in [-0.2, 0) is 15.7 Å². The van der Waals surface area contributed by atoms with Crippen LogP contribution in [0.1, 0.15) is 5.56 Å². The molecule has 138 valence electrons. The van der Waals surface area contributed by atoms with E-state index in [1.54, 1.807) is 0 Å². The average Bonchev–Trinajstić information content (AvgIpc) is 2.56. The molecule has 1 aromatic rings. The van der Waals surface area contributed by atoms with Crippen LogP contribution in [-0.4, -0.2) is 61.6 Å². The van der Waals surface area contributed by atoms with Gasteiger partial charge in [-0.25, -0.2) is 4.79 Å². The number of piperazine rings is 1. The molecular weight excluding hydrogens is 363 g/mol. The Morgan fingerprint density at radius 2 is 1.88 bits per heavy atom. The van der Waals surface area contributed by atoms with Crippen molar-refractivity contribution >= 4 is 29.3 Å². The topological polar surface area (TPSA) is 61.9 Å². The van der Waals surface area contributed by atoms with Crippen LogP contribution in [0.3, 0.4) is 0 Å². The second kappa shape index (κ2) is 7.92. The molecule has 1 heterocycles. The fraction of sp³-hybridized carbons (Fsp3) is 0.467. The van der Waals surface area contributed by atoms with Gasteiger partial charge in [0.2, 0.25) is 0 Å². The van der Waals surface area contributed by atoms with Gasteiger partial charge in [-0.3, -0.25) is 9.69 Å². The Bertz CT molecular complexity index is 647. The molecule has 1 aliphatic rings. The third-order valence-corrected chi connectivity index (χ3v) is 4.09. The predicted octanol–water partition coefficient (Wildman–Crippen LogP) is 2.68. The average molecular weight is 380 g/mol. The lowest BCUT2D eigenvalue weighted by Crippen LogP contribution is -2.51. The second-order valence-corrected chi connectivity index (χ2v) is 5.87. The number of rotatable bonds is 3. The highest BCUT2D eigenvalue weighted by molar-refractivity contribution is 6.31. The first-order chi connectivity index (χ1) is 11.7. The zero-order valence-corrected chi connectivity index (χ0v) is 14.2. The highest BCUT2D eigenvalue weighted by Crippen LogP contribution is 2.36. The van der Waals surface area contributed by atoms with Crippen LogP contribution in [0.15, 0.2) is 18.2 Å². The Morgan fingerprint density at radius 3 is 2.44 bits per heavy atom. The fourth-order valence-corrected chi connectivity index (χ4v) is 2.60. The van der Waals surface area contributed by atoms with Crippen molar-refractivity contribution in [1.29, 1.82) is 0 Å². The second-order valence-electron chi connectivity index (χ2n) is 5.46. The normalized spacial score (nSPS) is 15.8. The quantitative estimate of drug-likeness (QED) is 0.820. The zero-order valence-electron chi connectivity index (χ0n) is 13.4. The Hall–Kier alpha value is -2.00. The number of hydrogen-bond donors (Lipinski definition) is 1. The Kier molecular flexibility index (Phi) is 6.12. The number of amides is 2. The van der Waals surface area contributed by atoms with Crippen molar-refractivity contribution in [2.45, 2.75) is 6.18 Å². The number of urea groups is 1. The molecule has 0 bridgehead atoms. The summed E-state index contributed by atoms with van der Waals surface area (Å²) in [5, 5.41) is 2.01. The molecule has 2 amide bonds. The van der Waals surface area contributed by atoms with Gasteiger partial charge in [-0.15, -0.1) is 0 Å². The summed E-state index contributed by atoms with van der Waals surface area (Å²) in [5.74, 6) is -0.362. The van der Waals surface area contributed by atoms with Crippen LogP contribution >= 0.6 is 11.6 Å². The highest BCUT2D eigenvalue weighted by atomic mass is 35.5. The molecule has 0 unspecified atom stereocenters. The lowest BCUT2D eigenvalue weighted by Gasteiger charge is -2.34. The van der Waals surface area contributed by atoms with E-state index in [-0.39, 0.29) is 18.2 Å². The molecule has 1 fully saturated rings. The molecule has 0 radical (unpaired) electrons. The van der Waals surface area contributed by atoms with Gasteiger partial charge in [-0.1, -0.05) is 11.6 Å². The summed E-state index contributed by atoms with van der Waals surface area (Å²) < 4.78 is 43.1. The fourth-order valence-electron chi connectivity index (χ4n) is 2.38. The van der Waals surface area contributed by atoms with Gasteiger partial charge >= 0.3 is 18.2 Å². The molecule has 1 aromatic carbocycles. The number of hydrogen-bond acceptors (Lipinski definition) is 4. The molecule has 1 N–H and O–H groups in total. The molecule has 6 nitrogen and oxygen atoms in total. The number of carbonyl (C=O) groups excluding carboxylic acids is 2. The van der Waals surface area contributed by atoms with E-state index in [2.05, 4.69) is 10.1 Å². The van der Waals surface area contributed by atoms with Gasteiger partial charge < -0.3 is 15.0 Å². The summed E-state index contributed by atoms with van der Waals surface area (Å²) in [4.78, 5) is 26.7. The van der Waals surface area contributed by atoms with E-state index in [4.69, 9.17) is 11.6 Å². The molecule has 0 saturated carbocycles. The monoisotopic (exact) mass is 379 g/mol. The lowest BCUT2D eigenvalue weighted by atomic mass is 10.2. The molecule has 2 rings (SSSR count). The van der Waals surface area contributed by atoms with Crippen molar-refractivity contribution in [2.24, 2.45) is 0 Å². The van der Waals surface area contributed by atoms with Gasteiger partial charge in [0.05, 0.1) is 24.2 Å². The number of halogens is 4. The summed E-state index contributed by atoms with van der Waals surface area (Å²) in [7, 11) is 1.30. The number of benzene rings is 1. The molecule has 0 aromatic heterocycles. The lowest BCUT2D eigenvalue weighted by molar-refractivity contribution is -0.142. The number of ether oxygens (including phenoxy) is 1. The molecular formula is C15H17ClF3N3O3. The Morgan fingerprint density at radius 1 is 1.24 bits per heavy atom. The summed E-state index contributed by atoms with van der Waals surface area (Å²) in [6.07, 6.45) is -4.60. The van der Waals surface area contributed by atoms with Gasteiger partial charge in [0.15, 0.2) is 0 Å². The van der Waals surface area contributed by atoms with Crippen molar-refractivity contribution < 1.29 is 27.5 Å². The minimum Gasteiger partial charge on any atom is -0.468 e. The summed E-state index contributed by atoms with van der Waals surface area (Å²) in [6.45, 7) is 1.77. The number of nitrogens with zero attached hydrogens (tertiary/aromatic N) is 2. The van der Waals surface area contributed by atoms with Crippen LogP contribution in [0.25, 0.3) is 0 Å². The van der Waals surface area contributed by atoms with Gasteiger partial charge in [0.1, 0.15) is 0 Å². The van der Waals surface area contributed by atoms with Gasteiger partial charge in [0, 0.05) is 31.9 Å². The number of alkyl halides is 3. The van der Waals surface area contributed by atoms with Crippen LogP contribution in [0.5, 0.6) is 0 Å². The Balaban J connectivity index is 1.94. The highest BCUT2D eigenvalue weighted by Gasteiger charge is 2.33. The third kappa shape index (κ3) is 5.23. The largest absolute Gasteiger partial charge is 0.468 e. The maximum Gasteiger partial charge on any atom is 0.417 e. The minimum absolute atomic E-state index is 0.0127. The first-order valence-electron chi connectivity index (χ1n) is 7.42.